The Morgan fingerprint density at radius 3 is 2.59 bits per heavy atom. The zero-order chi connectivity index (χ0) is 26.0. The number of nitrogens with zero attached hydrogens (tertiary/aromatic N) is 1. The lowest BCUT2D eigenvalue weighted by molar-refractivity contribution is -0.149. The topological polar surface area (TPSA) is 72.9 Å². The molecule has 4 saturated carbocycles. The van der Waals surface area contributed by atoms with Crippen LogP contribution in [0.1, 0.15) is 77.2 Å². The van der Waals surface area contributed by atoms with Gasteiger partial charge in [0.25, 0.3) is 0 Å². The summed E-state index contributed by atoms with van der Waals surface area (Å²) in [6, 6.07) is 9.11. The monoisotopic (exact) mass is 507 g/mol. The van der Waals surface area contributed by atoms with Crippen LogP contribution in [0.15, 0.2) is 30.3 Å². The molecule has 0 radical (unpaired) electrons. The molecule has 1 aromatic rings. The first-order valence-corrected chi connectivity index (χ1v) is 14.3. The van der Waals surface area contributed by atoms with Crippen molar-refractivity contribution in [2.45, 2.75) is 89.7 Å². The number of methoxy groups -OCH3 is 1. The quantitative estimate of drug-likeness (QED) is 0.498. The van der Waals surface area contributed by atoms with Gasteiger partial charge in [-0.25, -0.2) is 9.59 Å². The number of ketones is 1. The van der Waals surface area contributed by atoms with E-state index in [2.05, 4.69) is 13.8 Å². The summed E-state index contributed by atoms with van der Waals surface area (Å²) in [6.07, 6.45) is 9.13. The molecule has 6 heteroatoms. The van der Waals surface area contributed by atoms with Crippen molar-refractivity contribution >= 4 is 17.8 Å². The first-order valence-electron chi connectivity index (χ1n) is 14.3. The molecule has 0 N–H and O–H groups in total. The lowest BCUT2D eigenvalue weighted by Gasteiger charge is -2.61. The van der Waals surface area contributed by atoms with Crippen LogP contribution in [0.4, 0.5) is 4.79 Å². The van der Waals surface area contributed by atoms with Crippen molar-refractivity contribution in [3.63, 3.8) is 0 Å². The van der Waals surface area contributed by atoms with Crippen LogP contribution in [-0.4, -0.2) is 48.0 Å². The van der Waals surface area contributed by atoms with Gasteiger partial charge in [0.2, 0.25) is 0 Å². The van der Waals surface area contributed by atoms with Crippen molar-refractivity contribution in [1.29, 1.82) is 0 Å². The van der Waals surface area contributed by atoms with Crippen LogP contribution in [0.5, 0.6) is 0 Å². The molecular formula is C31H41NO5. The van der Waals surface area contributed by atoms with Crippen LogP contribution in [0.25, 0.3) is 0 Å². The van der Waals surface area contributed by atoms with Crippen LogP contribution in [0, 0.1) is 34.5 Å². The minimum atomic E-state index is -0.681. The summed E-state index contributed by atoms with van der Waals surface area (Å²) in [4.78, 5) is 40.4. The standard InChI is InChI=1S/C31H41NO5/c1-29-15-16-31(18-21(29)9-10-22-23-11-12-26(33)30(23,2)14-13-24(22)29)19-32(28(35)37-31)25(27(34)36-3)17-20-7-5-4-6-8-20/h4-8,21-25H,9-19H2,1-3H3/t21-,22-,23-,24-,25-,29-,30-,31+/m0/s1. The molecule has 6 rings (SSSR count). The molecule has 1 heterocycles. The van der Waals surface area contributed by atoms with Gasteiger partial charge in [0.05, 0.1) is 13.7 Å². The largest absolute Gasteiger partial charge is 0.467 e. The number of rotatable bonds is 4. The van der Waals surface area contributed by atoms with Gasteiger partial charge >= 0.3 is 12.1 Å². The molecule has 1 aliphatic heterocycles. The summed E-state index contributed by atoms with van der Waals surface area (Å²) in [6.45, 7) is 5.18. The van der Waals surface area contributed by atoms with Gasteiger partial charge in [-0.2, -0.15) is 0 Å². The Morgan fingerprint density at radius 1 is 1.05 bits per heavy atom. The van der Waals surface area contributed by atoms with Crippen LogP contribution >= 0.6 is 0 Å². The van der Waals surface area contributed by atoms with Gasteiger partial charge in [-0.05, 0) is 86.0 Å². The maximum atomic E-state index is 13.2. The molecule has 1 saturated heterocycles. The van der Waals surface area contributed by atoms with E-state index in [0.717, 1.165) is 56.9 Å². The molecule has 200 valence electrons. The Hall–Kier alpha value is -2.37. The highest BCUT2D eigenvalue weighted by Crippen LogP contribution is 2.66. The fraction of sp³-hybridized carbons (Fsp3) is 0.710. The maximum absolute atomic E-state index is 13.2. The van der Waals surface area contributed by atoms with Crippen molar-refractivity contribution < 1.29 is 23.9 Å². The highest BCUT2D eigenvalue weighted by molar-refractivity contribution is 5.87. The minimum absolute atomic E-state index is 0.0939. The summed E-state index contributed by atoms with van der Waals surface area (Å²) in [7, 11) is 1.38. The molecule has 5 fully saturated rings. The van der Waals surface area contributed by atoms with Crippen molar-refractivity contribution in [2.75, 3.05) is 13.7 Å². The number of fused-ring (bicyclic) bond motifs is 5. The van der Waals surface area contributed by atoms with Gasteiger partial charge < -0.3 is 9.47 Å². The summed E-state index contributed by atoms with van der Waals surface area (Å²) in [5.74, 6) is 2.46. The smallest absolute Gasteiger partial charge is 0.411 e. The second-order valence-electron chi connectivity index (χ2n) is 13.2. The normalized spacial score (nSPS) is 41.5. The Morgan fingerprint density at radius 2 is 1.84 bits per heavy atom. The number of ether oxygens (including phenoxy) is 2. The molecule has 1 spiro atoms. The average molecular weight is 508 g/mol. The number of Topliss-reactive ketones (excluding diaryl/α,β-unsaturated/α-hetero) is 1. The minimum Gasteiger partial charge on any atom is -0.467 e. The summed E-state index contributed by atoms with van der Waals surface area (Å²) >= 11 is 0. The Labute approximate surface area is 220 Å². The van der Waals surface area contributed by atoms with E-state index in [1.807, 2.05) is 30.3 Å². The molecule has 1 amide bonds. The second-order valence-corrected chi connectivity index (χ2v) is 13.2. The van der Waals surface area contributed by atoms with Gasteiger partial charge in [0, 0.05) is 18.3 Å². The second kappa shape index (κ2) is 8.84. The van der Waals surface area contributed by atoms with E-state index in [1.54, 1.807) is 4.90 Å². The third-order valence-electron chi connectivity index (χ3n) is 11.6. The summed E-state index contributed by atoms with van der Waals surface area (Å²) in [5, 5.41) is 0. The molecule has 5 aliphatic rings. The number of carbonyl (C=O) groups is 3. The molecule has 6 nitrogen and oxygen atoms in total. The van der Waals surface area contributed by atoms with E-state index in [9.17, 15) is 14.4 Å². The fourth-order valence-corrected chi connectivity index (χ4v) is 9.50. The van der Waals surface area contributed by atoms with Crippen molar-refractivity contribution in [2.24, 2.45) is 34.5 Å². The molecular weight excluding hydrogens is 466 g/mol. The predicted molar refractivity (Wildman–Crippen MR) is 139 cm³/mol. The van der Waals surface area contributed by atoms with E-state index in [4.69, 9.17) is 9.47 Å². The van der Waals surface area contributed by atoms with Gasteiger partial charge in [-0.3, -0.25) is 9.69 Å². The van der Waals surface area contributed by atoms with Gasteiger partial charge in [-0.15, -0.1) is 0 Å². The average Bonchev–Trinajstić information content (AvgIpc) is 3.38. The van der Waals surface area contributed by atoms with Gasteiger partial charge in [0.15, 0.2) is 0 Å². The fourth-order valence-electron chi connectivity index (χ4n) is 9.50. The molecule has 0 aromatic heterocycles. The Balaban J connectivity index is 1.20. The zero-order valence-electron chi connectivity index (χ0n) is 22.5. The molecule has 1 aromatic carbocycles. The SMILES string of the molecule is COC(=O)[C@H](Cc1ccccc1)N1C[C@]2(CC[C@@]3(C)[C@@H](CC[C@@H]4[C@@H]3CC[C@]3(C)C(=O)CC[C@@H]43)C2)OC1=O. The Kier molecular flexibility index (Phi) is 5.96. The van der Waals surface area contributed by atoms with Crippen LogP contribution in [0.2, 0.25) is 0 Å². The highest BCUT2D eigenvalue weighted by Gasteiger charge is 2.63. The number of hydrogen-bond acceptors (Lipinski definition) is 5. The van der Waals surface area contributed by atoms with Crippen molar-refractivity contribution in [3.05, 3.63) is 35.9 Å². The van der Waals surface area contributed by atoms with Gasteiger partial charge in [-0.1, -0.05) is 44.2 Å². The number of amides is 1. The molecule has 37 heavy (non-hydrogen) atoms. The predicted octanol–water partition coefficient (Wildman–Crippen LogP) is 5.57. The molecule has 8 atom stereocenters. The van der Waals surface area contributed by atoms with Crippen molar-refractivity contribution in [1.82, 2.24) is 4.90 Å². The summed E-state index contributed by atoms with van der Waals surface area (Å²) < 4.78 is 11.3. The van der Waals surface area contributed by atoms with E-state index < -0.39 is 17.6 Å². The third kappa shape index (κ3) is 3.84. The first kappa shape index (κ1) is 24.9. The van der Waals surface area contributed by atoms with E-state index in [1.165, 1.54) is 13.5 Å². The zero-order valence-corrected chi connectivity index (χ0v) is 22.5. The molecule has 0 bridgehead atoms. The summed E-state index contributed by atoms with van der Waals surface area (Å²) in [5.41, 5.74) is 0.607. The number of esters is 1. The third-order valence-corrected chi connectivity index (χ3v) is 11.6. The maximum Gasteiger partial charge on any atom is 0.411 e. The van der Waals surface area contributed by atoms with Gasteiger partial charge in [0.1, 0.15) is 17.4 Å². The first-order chi connectivity index (χ1) is 17.7. The number of carbonyl (C=O) groups excluding carboxylic acids is 3. The number of benzene rings is 1. The Bertz CT molecular complexity index is 1090. The number of hydrogen-bond donors (Lipinski definition) is 0. The van der Waals surface area contributed by atoms with Crippen LogP contribution in [-0.2, 0) is 25.5 Å². The molecule has 0 unspecified atom stereocenters. The lowest BCUT2D eigenvalue weighted by Crippen LogP contribution is -2.57. The van der Waals surface area contributed by atoms with Crippen molar-refractivity contribution in [3.8, 4) is 0 Å². The van der Waals surface area contributed by atoms with E-state index >= 15 is 0 Å². The molecule has 4 aliphatic carbocycles. The van der Waals surface area contributed by atoms with Crippen LogP contribution in [0.3, 0.4) is 0 Å². The highest BCUT2D eigenvalue weighted by atomic mass is 16.6. The van der Waals surface area contributed by atoms with Crippen LogP contribution < -0.4 is 0 Å². The van der Waals surface area contributed by atoms with E-state index in [0.29, 0.717) is 42.4 Å². The van der Waals surface area contributed by atoms with E-state index in [-0.39, 0.29) is 16.9 Å². The lowest BCUT2D eigenvalue weighted by atomic mass is 9.44.